The molecule has 0 bridgehead atoms. The van der Waals surface area contributed by atoms with E-state index in [-0.39, 0.29) is 23.5 Å². The van der Waals surface area contributed by atoms with Crippen molar-refractivity contribution in [2.45, 2.75) is 74.6 Å². The van der Waals surface area contributed by atoms with Gasteiger partial charge in [-0.1, -0.05) is 129 Å². The smallest absolute Gasteiger partial charge is 0.329 e. The summed E-state index contributed by atoms with van der Waals surface area (Å²) in [5.41, 5.74) is 1.78. The van der Waals surface area contributed by atoms with Crippen molar-refractivity contribution < 1.29 is 23.5 Å². The van der Waals surface area contributed by atoms with Gasteiger partial charge in [0, 0.05) is 6.42 Å². The summed E-state index contributed by atoms with van der Waals surface area (Å²) in [5, 5.41) is 3.10. The van der Waals surface area contributed by atoms with Crippen LogP contribution in [0.3, 0.4) is 0 Å². The van der Waals surface area contributed by atoms with E-state index in [4.69, 9.17) is 60.3 Å². The van der Waals surface area contributed by atoms with Crippen LogP contribution in [0, 0.1) is 5.92 Å². The molecule has 1 N–H and O–H groups in total. The molecule has 0 aliphatic carbocycles. The summed E-state index contributed by atoms with van der Waals surface area (Å²) in [6.07, 6.45) is 7.84. The summed E-state index contributed by atoms with van der Waals surface area (Å²) in [7, 11) is -0.612. The third-order valence-electron chi connectivity index (χ3n) is 7.50. The van der Waals surface area contributed by atoms with E-state index < -0.39 is 36.6 Å². The van der Waals surface area contributed by atoms with Crippen molar-refractivity contribution in [1.29, 1.82) is 0 Å². The van der Waals surface area contributed by atoms with Crippen LogP contribution >= 0.6 is 46.4 Å². The van der Waals surface area contributed by atoms with Gasteiger partial charge in [-0.3, -0.25) is 4.79 Å². The fraction of sp³-hybridized carbons (Fsp3) is 0.455. The number of hydrogen-bond acceptors (Lipinski definition) is 5. The first-order valence-electron chi connectivity index (χ1n) is 14.4. The Kier molecular flexibility index (Phi) is 14.8. The quantitative estimate of drug-likeness (QED) is 0.0921. The predicted molar refractivity (Wildman–Crippen MR) is 185 cm³/mol. The fourth-order valence-corrected chi connectivity index (χ4v) is 5.79. The van der Waals surface area contributed by atoms with Gasteiger partial charge in [0.15, 0.2) is 8.32 Å². The zero-order chi connectivity index (χ0) is 33.1. The lowest BCUT2D eigenvalue weighted by Gasteiger charge is -2.40. The van der Waals surface area contributed by atoms with E-state index in [0.29, 0.717) is 22.8 Å². The zero-order valence-electron chi connectivity index (χ0n) is 26.3. The van der Waals surface area contributed by atoms with Gasteiger partial charge in [0.05, 0.1) is 18.2 Å². The molecule has 0 radical (unpaired) electrons. The van der Waals surface area contributed by atoms with Crippen LogP contribution in [0.15, 0.2) is 66.8 Å². The number of alkyl halides is 3. The maximum Gasteiger partial charge on any atom is 0.329 e. The maximum atomic E-state index is 13.0. The van der Waals surface area contributed by atoms with Gasteiger partial charge in [0.1, 0.15) is 18.4 Å². The van der Waals surface area contributed by atoms with E-state index in [9.17, 15) is 9.59 Å². The largest absolute Gasteiger partial charge is 0.495 e. The van der Waals surface area contributed by atoms with Gasteiger partial charge >= 0.3 is 5.97 Å². The van der Waals surface area contributed by atoms with Gasteiger partial charge in [-0.15, -0.1) is 0 Å². The molecule has 0 saturated heterocycles. The number of benzene rings is 2. The van der Waals surface area contributed by atoms with E-state index in [1.807, 2.05) is 30.3 Å². The standard InChI is InChI=1S/C33H43Cl4NO5Si/c1-23(16-17-24-12-9-8-10-13-24)28(43-44(6,7)32(2,3)4)14-11-15-30(39)38-27(31(40)42-22-33(35,36)37)21-25-18-19-29(41-5)26(34)20-25/h8-13,15-20,23,27-28H,14,21-22H2,1-7H3,(H,38,39)/b15-11+,17-16+/t23-,27+,28+/m1/s1. The number of halogens is 4. The van der Waals surface area contributed by atoms with Crippen LogP contribution in [0.1, 0.15) is 45.2 Å². The molecule has 0 aliphatic heterocycles. The first-order chi connectivity index (χ1) is 20.4. The van der Waals surface area contributed by atoms with Crippen molar-refractivity contribution in [2.75, 3.05) is 13.7 Å². The molecule has 6 nitrogen and oxygen atoms in total. The molecule has 0 aliphatic rings. The van der Waals surface area contributed by atoms with Crippen LogP contribution in [0.4, 0.5) is 0 Å². The number of nitrogens with one attached hydrogen (secondary N) is 1. The molecular formula is C33H43Cl4NO5Si. The number of rotatable bonds is 14. The Labute approximate surface area is 283 Å². The highest BCUT2D eigenvalue weighted by Crippen LogP contribution is 2.38. The molecule has 0 heterocycles. The Hall–Kier alpha value is -2.00. The van der Waals surface area contributed by atoms with Crippen LogP contribution in [-0.4, -0.2) is 49.8 Å². The number of amides is 1. The molecule has 2 aromatic rings. The first-order valence-corrected chi connectivity index (χ1v) is 18.8. The lowest BCUT2D eigenvalue weighted by Crippen LogP contribution is -2.45. The summed E-state index contributed by atoms with van der Waals surface area (Å²) >= 11 is 23.6. The summed E-state index contributed by atoms with van der Waals surface area (Å²) in [6.45, 7) is 12.7. The minimum absolute atomic E-state index is 0.0137. The molecule has 0 spiro atoms. The highest BCUT2D eigenvalue weighted by atomic mass is 35.6. The Balaban J connectivity index is 2.21. The van der Waals surface area contributed by atoms with Gasteiger partial charge < -0.3 is 19.2 Å². The van der Waals surface area contributed by atoms with Gasteiger partial charge in [0.25, 0.3) is 0 Å². The number of methoxy groups -OCH3 is 1. The van der Waals surface area contributed by atoms with E-state index in [2.05, 4.69) is 58.3 Å². The molecule has 2 aromatic carbocycles. The number of hydrogen-bond donors (Lipinski definition) is 1. The van der Waals surface area contributed by atoms with Crippen LogP contribution < -0.4 is 10.1 Å². The highest BCUT2D eigenvalue weighted by molar-refractivity contribution is 6.74. The highest BCUT2D eigenvalue weighted by Gasteiger charge is 2.39. The Morgan fingerprint density at radius 2 is 1.70 bits per heavy atom. The van der Waals surface area contributed by atoms with Gasteiger partial charge in [-0.05, 0) is 59.8 Å². The first kappa shape index (κ1) is 38.2. The van der Waals surface area contributed by atoms with Crippen molar-refractivity contribution in [2.24, 2.45) is 5.92 Å². The van der Waals surface area contributed by atoms with Crippen molar-refractivity contribution in [3.05, 3.63) is 82.9 Å². The molecule has 0 saturated carbocycles. The Morgan fingerprint density at radius 1 is 1.05 bits per heavy atom. The van der Waals surface area contributed by atoms with Crippen LogP contribution in [0.2, 0.25) is 23.2 Å². The summed E-state index contributed by atoms with van der Waals surface area (Å²) in [6, 6.07) is 14.1. The summed E-state index contributed by atoms with van der Waals surface area (Å²) < 4.78 is 15.4. The van der Waals surface area contributed by atoms with Crippen LogP contribution in [0.5, 0.6) is 5.75 Å². The van der Waals surface area contributed by atoms with Crippen LogP contribution in [-0.2, 0) is 25.2 Å². The minimum Gasteiger partial charge on any atom is -0.495 e. The number of carbonyl (C=O) groups is 2. The van der Waals surface area contributed by atoms with Gasteiger partial charge in [-0.25, -0.2) is 4.79 Å². The van der Waals surface area contributed by atoms with Crippen LogP contribution in [0.25, 0.3) is 6.08 Å². The van der Waals surface area contributed by atoms with Gasteiger partial charge in [0.2, 0.25) is 9.70 Å². The average molecular weight is 704 g/mol. The second-order valence-electron chi connectivity index (χ2n) is 12.1. The molecule has 3 atom stereocenters. The minimum atomic E-state index is -2.12. The molecule has 0 unspecified atom stereocenters. The normalized spacial score (nSPS) is 14.8. The Bertz CT molecular complexity index is 1290. The second-order valence-corrected chi connectivity index (χ2v) is 19.8. The lowest BCUT2D eigenvalue weighted by atomic mass is 10.00. The summed E-state index contributed by atoms with van der Waals surface area (Å²) in [4.78, 5) is 26.0. The third kappa shape index (κ3) is 13.2. The molecule has 1 amide bonds. The van der Waals surface area contributed by atoms with Crippen molar-refractivity contribution in [3.8, 4) is 5.75 Å². The van der Waals surface area contributed by atoms with Gasteiger partial charge in [-0.2, -0.15) is 0 Å². The predicted octanol–water partition coefficient (Wildman–Crippen LogP) is 8.98. The summed E-state index contributed by atoms with van der Waals surface area (Å²) in [5.74, 6) is -0.663. The average Bonchev–Trinajstić information content (AvgIpc) is 2.93. The molecular weight excluding hydrogens is 660 g/mol. The molecule has 242 valence electrons. The lowest BCUT2D eigenvalue weighted by molar-refractivity contribution is -0.147. The number of carbonyl (C=O) groups excluding carboxylic acids is 2. The van der Waals surface area contributed by atoms with E-state index >= 15 is 0 Å². The SMILES string of the molecule is COc1ccc(C[C@H](NC(=O)/C=C/C[C@H](O[Si](C)(C)C(C)(C)C)[C@H](C)/C=C/c2ccccc2)C(=O)OCC(Cl)(Cl)Cl)cc1Cl. The van der Waals surface area contributed by atoms with E-state index in [0.717, 1.165) is 5.56 Å². The van der Waals surface area contributed by atoms with Crippen molar-refractivity contribution >= 4 is 72.7 Å². The molecule has 11 heteroatoms. The monoisotopic (exact) mass is 701 g/mol. The topological polar surface area (TPSA) is 73.9 Å². The van der Waals surface area contributed by atoms with Crippen molar-refractivity contribution in [3.63, 3.8) is 0 Å². The molecule has 44 heavy (non-hydrogen) atoms. The third-order valence-corrected chi connectivity index (χ3v) is 12.6. The van der Waals surface area contributed by atoms with E-state index in [1.54, 1.807) is 24.3 Å². The molecule has 2 rings (SSSR count). The maximum absolute atomic E-state index is 13.0. The van der Waals surface area contributed by atoms with Crippen molar-refractivity contribution in [1.82, 2.24) is 5.32 Å². The van der Waals surface area contributed by atoms with E-state index in [1.165, 1.54) is 13.2 Å². The molecule has 0 fully saturated rings. The second kappa shape index (κ2) is 17.1. The Morgan fingerprint density at radius 3 is 2.27 bits per heavy atom. The number of ether oxygens (including phenoxy) is 2. The molecule has 0 aromatic heterocycles. The number of esters is 1. The fourth-order valence-electron chi connectivity index (χ4n) is 3.92. The zero-order valence-corrected chi connectivity index (χ0v) is 30.4.